The highest BCUT2D eigenvalue weighted by Crippen LogP contribution is 2.21. The van der Waals surface area contributed by atoms with Crippen LogP contribution >= 0.6 is 0 Å². The van der Waals surface area contributed by atoms with E-state index in [0.29, 0.717) is 24.6 Å². The minimum Gasteiger partial charge on any atom is -0.369 e. The highest BCUT2D eigenvalue weighted by atomic mass is 19.1. The number of nitrogens with two attached hydrogens (primary N) is 1. The zero-order valence-corrected chi connectivity index (χ0v) is 10.2. The van der Waals surface area contributed by atoms with Crippen LogP contribution in [0.15, 0.2) is 30.3 Å². The second-order valence-electron chi connectivity index (χ2n) is 4.00. The molecule has 0 radical (unpaired) electrons. The maximum absolute atomic E-state index is 13.5. The summed E-state index contributed by atoms with van der Waals surface area (Å²) in [5.74, 6) is -0.674. The number of nitrogens with one attached hydrogen (secondary N) is 1. The fourth-order valence-electron chi connectivity index (χ4n) is 1.59. The highest BCUT2D eigenvalue weighted by Gasteiger charge is 2.08. The van der Waals surface area contributed by atoms with Gasteiger partial charge in [-0.2, -0.15) is 0 Å². The molecule has 3 N–H and O–H groups in total. The molecule has 2 aromatic rings. The normalized spacial score (nSPS) is 10.5. The molecule has 0 saturated heterocycles. The molecule has 0 atom stereocenters. The third-order valence-corrected chi connectivity index (χ3v) is 2.56. The minimum atomic E-state index is -0.654. The van der Waals surface area contributed by atoms with E-state index in [1.807, 2.05) is 0 Å². The Hall–Kier alpha value is -2.08. The predicted octanol–water partition coefficient (Wildman–Crippen LogP) is 2.18. The molecule has 0 bridgehead atoms. The van der Waals surface area contributed by atoms with Crippen molar-refractivity contribution in [2.75, 3.05) is 18.4 Å². The molecule has 0 saturated carbocycles. The fourth-order valence-corrected chi connectivity index (χ4v) is 1.59. The lowest BCUT2D eigenvalue weighted by Gasteiger charge is -2.05. The smallest absolute Gasteiger partial charge is 0.148 e. The largest absolute Gasteiger partial charge is 0.369 e. The first-order chi connectivity index (χ1) is 9.20. The predicted molar refractivity (Wildman–Crippen MR) is 69.5 cm³/mol. The van der Waals surface area contributed by atoms with E-state index in [4.69, 9.17) is 5.73 Å². The van der Waals surface area contributed by atoms with Crippen molar-refractivity contribution in [3.8, 4) is 11.3 Å². The maximum Gasteiger partial charge on any atom is 0.148 e. The molecule has 1 aromatic heterocycles. The Morgan fingerprint density at radius 1 is 1.11 bits per heavy atom. The summed E-state index contributed by atoms with van der Waals surface area (Å²) in [7, 11) is 0. The number of benzene rings is 1. The van der Waals surface area contributed by atoms with Gasteiger partial charge in [0.05, 0.1) is 5.69 Å². The maximum atomic E-state index is 13.5. The summed E-state index contributed by atoms with van der Waals surface area (Å²) in [5.41, 5.74) is 5.96. The first kappa shape index (κ1) is 13.4. The molecule has 0 aliphatic carbocycles. The molecule has 2 rings (SSSR count). The lowest BCUT2D eigenvalue weighted by Crippen LogP contribution is -2.09. The van der Waals surface area contributed by atoms with Crippen LogP contribution in [-0.2, 0) is 0 Å². The molecule has 0 aliphatic rings. The van der Waals surface area contributed by atoms with Gasteiger partial charge in [0.15, 0.2) is 0 Å². The van der Waals surface area contributed by atoms with Gasteiger partial charge in [0.2, 0.25) is 0 Å². The molecule has 4 nitrogen and oxygen atoms in total. The van der Waals surface area contributed by atoms with Gasteiger partial charge in [-0.3, -0.25) is 0 Å². The Morgan fingerprint density at radius 2 is 1.95 bits per heavy atom. The monoisotopic (exact) mass is 264 g/mol. The van der Waals surface area contributed by atoms with E-state index >= 15 is 0 Å². The molecular weight excluding hydrogens is 250 g/mol. The zero-order chi connectivity index (χ0) is 13.7. The van der Waals surface area contributed by atoms with Crippen LogP contribution in [0.1, 0.15) is 6.42 Å². The summed E-state index contributed by atoms with van der Waals surface area (Å²) < 4.78 is 26.4. The van der Waals surface area contributed by atoms with Gasteiger partial charge in [-0.15, -0.1) is 10.2 Å². The summed E-state index contributed by atoms with van der Waals surface area (Å²) in [6.45, 7) is 1.30. The van der Waals surface area contributed by atoms with Crippen molar-refractivity contribution in [2.45, 2.75) is 6.42 Å². The van der Waals surface area contributed by atoms with E-state index < -0.39 is 11.6 Å². The van der Waals surface area contributed by atoms with Crippen molar-refractivity contribution in [3.05, 3.63) is 42.0 Å². The Kier molecular flexibility index (Phi) is 4.35. The molecular formula is C13H14F2N4. The van der Waals surface area contributed by atoms with E-state index in [1.165, 1.54) is 12.1 Å². The van der Waals surface area contributed by atoms with E-state index in [2.05, 4.69) is 15.5 Å². The lowest BCUT2D eigenvalue weighted by molar-refractivity contribution is 0.585. The van der Waals surface area contributed by atoms with E-state index in [9.17, 15) is 8.78 Å². The van der Waals surface area contributed by atoms with Crippen molar-refractivity contribution in [1.82, 2.24) is 10.2 Å². The highest BCUT2D eigenvalue weighted by molar-refractivity contribution is 5.60. The van der Waals surface area contributed by atoms with Crippen molar-refractivity contribution in [2.24, 2.45) is 5.73 Å². The van der Waals surface area contributed by atoms with Crippen LogP contribution in [0.25, 0.3) is 11.3 Å². The quantitative estimate of drug-likeness (QED) is 0.812. The number of hydrogen-bond acceptors (Lipinski definition) is 4. The summed E-state index contributed by atoms with van der Waals surface area (Å²) in [6, 6.07) is 6.68. The molecule has 6 heteroatoms. The molecule has 0 unspecified atom stereocenters. The number of rotatable bonds is 5. The molecule has 1 heterocycles. The van der Waals surface area contributed by atoms with Gasteiger partial charge in [-0.05, 0) is 37.2 Å². The van der Waals surface area contributed by atoms with Gasteiger partial charge in [0, 0.05) is 18.2 Å². The van der Waals surface area contributed by atoms with Crippen LogP contribution in [0, 0.1) is 11.6 Å². The third-order valence-electron chi connectivity index (χ3n) is 2.56. The van der Waals surface area contributed by atoms with Gasteiger partial charge in [0.1, 0.15) is 17.5 Å². The standard InChI is InChI=1S/C13H14F2N4/c14-9-2-3-10(11(15)8-9)12-4-5-13(19-18-12)17-7-1-6-16/h2-5,8H,1,6-7,16H2,(H,17,19). The number of anilines is 1. The van der Waals surface area contributed by atoms with Crippen molar-refractivity contribution in [3.63, 3.8) is 0 Å². The first-order valence-electron chi connectivity index (χ1n) is 5.94. The van der Waals surface area contributed by atoms with Crippen LogP contribution in [0.3, 0.4) is 0 Å². The molecule has 0 spiro atoms. The number of hydrogen-bond donors (Lipinski definition) is 2. The fraction of sp³-hybridized carbons (Fsp3) is 0.231. The topological polar surface area (TPSA) is 63.8 Å². The number of halogens is 2. The Bertz CT molecular complexity index is 543. The molecule has 0 aliphatic heterocycles. The first-order valence-corrected chi connectivity index (χ1v) is 5.94. The van der Waals surface area contributed by atoms with Crippen molar-refractivity contribution < 1.29 is 8.78 Å². The molecule has 19 heavy (non-hydrogen) atoms. The van der Waals surface area contributed by atoms with Crippen LogP contribution < -0.4 is 11.1 Å². The summed E-state index contributed by atoms with van der Waals surface area (Å²) in [6.07, 6.45) is 0.829. The van der Waals surface area contributed by atoms with E-state index in [-0.39, 0.29) is 5.56 Å². The average Bonchev–Trinajstić information content (AvgIpc) is 2.40. The summed E-state index contributed by atoms with van der Waals surface area (Å²) in [5, 5.41) is 10.9. The zero-order valence-electron chi connectivity index (χ0n) is 10.2. The molecule has 100 valence electrons. The average molecular weight is 264 g/mol. The summed E-state index contributed by atoms with van der Waals surface area (Å²) in [4.78, 5) is 0. The second-order valence-corrected chi connectivity index (χ2v) is 4.00. The third kappa shape index (κ3) is 3.45. The van der Waals surface area contributed by atoms with Crippen molar-refractivity contribution >= 4 is 5.82 Å². The van der Waals surface area contributed by atoms with Crippen molar-refractivity contribution in [1.29, 1.82) is 0 Å². The number of aromatic nitrogens is 2. The Labute approximate surface area is 109 Å². The number of nitrogens with zero attached hydrogens (tertiary/aromatic N) is 2. The van der Waals surface area contributed by atoms with E-state index in [1.54, 1.807) is 12.1 Å². The van der Waals surface area contributed by atoms with Crippen LogP contribution in [0.2, 0.25) is 0 Å². The van der Waals surface area contributed by atoms with Gasteiger partial charge >= 0.3 is 0 Å². The lowest BCUT2D eigenvalue weighted by atomic mass is 10.1. The SMILES string of the molecule is NCCCNc1ccc(-c2ccc(F)cc2F)nn1. The van der Waals surface area contributed by atoms with Crippen LogP contribution in [-0.4, -0.2) is 23.3 Å². The van der Waals surface area contributed by atoms with E-state index in [0.717, 1.165) is 12.5 Å². The molecule has 0 amide bonds. The minimum absolute atomic E-state index is 0.224. The molecule has 1 aromatic carbocycles. The van der Waals surface area contributed by atoms with Gasteiger partial charge in [-0.25, -0.2) is 8.78 Å². The van der Waals surface area contributed by atoms with Gasteiger partial charge in [-0.1, -0.05) is 0 Å². The van der Waals surface area contributed by atoms with Gasteiger partial charge in [0.25, 0.3) is 0 Å². The van der Waals surface area contributed by atoms with Crippen LogP contribution in [0.4, 0.5) is 14.6 Å². The Morgan fingerprint density at radius 3 is 2.58 bits per heavy atom. The van der Waals surface area contributed by atoms with Gasteiger partial charge < -0.3 is 11.1 Å². The summed E-state index contributed by atoms with van der Waals surface area (Å²) >= 11 is 0. The molecule has 0 fully saturated rings. The second kappa shape index (κ2) is 6.19. The van der Waals surface area contributed by atoms with Crippen LogP contribution in [0.5, 0.6) is 0 Å². The Balaban J connectivity index is 2.13.